The lowest BCUT2D eigenvalue weighted by atomic mass is 9.99. The number of ketones is 1. The summed E-state index contributed by atoms with van der Waals surface area (Å²) >= 11 is 0. The van der Waals surface area contributed by atoms with Crippen molar-refractivity contribution in [1.29, 1.82) is 0 Å². The van der Waals surface area contributed by atoms with Gasteiger partial charge in [0.1, 0.15) is 11.6 Å². The monoisotopic (exact) mass is 360 g/mol. The third-order valence-corrected chi connectivity index (χ3v) is 4.57. The van der Waals surface area contributed by atoms with E-state index in [0.29, 0.717) is 25.8 Å². The fourth-order valence-corrected chi connectivity index (χ4v) is 3.15. The van der Waals surface area contributed by atoms with E-state index in [1.54, 1.807) is 12.4 Å². The van der Waals surface area contributed by atoms with Gasteiger partial charge in [-0.05, 0) is 37.1 Å². The topological polar surface area (TPSA) is 60.7 Å². The van der Waals surface area contributed by atoms with E-state index in [0.717, 1.165) is 28.3 Å². The Morgan fingerprint density at radius 2 is 2.07 bits per heavy atom. The van der Waals surface area contributed by atoms with Crippen molar-refractivity contribution in [3.05, 3.63) is 77.9 Å². The minimum atomic E-state index is 0.207. The second kappa shape index (κ2) is 8.54. The molecule has 0 atom stereocenters. The zero-order valence-electron chi connectivity index (χ0n) is 15.9. The van der Waals surface area contributed by atoms with Gasteiger partial charge >= 0.3 is 0 Å². The minimum absolute atomic E-state index is 0.207. The third-order valence-electron chi connectivity index (χ3n) is 4.57. The summed E-state index contributed by atoms with van der Waals surface area (Å²) in [6, 6.07) is 10.0. The lowest BCUT2D eigenvalue weighted by Crippen LogP contribution is -2.10. The second-order valence-corrected chi connectivity index (χ2v) is 6.73. The van der Waals surface area contributed by atoms with Crippen molar-refractivity contribution >= 4 is 5.78 Å². The maximum Gasteiger partial charge on any atom is 0.165 e. The van der Waals surface area contributed by atoms with Crippen LogP contribution in [0.3, 0.4) is 0 Å². The van der Waals surface area contributed by atoms with Gasteiger partial charge in [-0.2, -0.15) is 0 Å². The number of hydrogen-bond donors (Lipinski definition) is 0. The summed E-state index contributed by atoms with van der Waals surface area (Å²) < 4.78 is 1.99. The first-order chi connectivity index (χ1) is 13.1. The fraction of sp³-hybridized carbons (Fsp3) is 0.273. The molecule has 0 aliphatic rings. The zero-order valence-corrected chi connectivity index (χ0v) is 15.9. The number of nitrogens with zero attached hydrogens (tertiary/aromatic N) is 4. The third kappa shape index (κ3) is 4.56. The number of rotatable bonds is 8. The maximum absolute atomic E-state index is 12.5. The fourth-order valence-electron chi connectivity index (χ4n) is 3.15. The molecule has 0 saturated heterocycles. The highest BCUT2D eigenvalue weighted by atomic mass is 16.1. The van der Waals surface area contributed by atoms with Crippen LogP contribution >= 0.6 is 0 Å². The van der Waals surface area contributed by atoms with Crippen molar-refractivity contribution in [3.8, 4) is 11.4 Å². The van der Waals surface area contributed by atoms with E-state index in [9.17, 15) is 4.79 Å². The van der Waals surface area contributed by atoms with Gasteiger partial charge in [-0.25, -0.2) is 0 Å². The van der Waals surface area contributed by atoms with Crippen LogP contribution in [0, 0.1) is 13.8 Å². The van der Waals surface area contributed by atoms with Crippen molar-refractivity contribution in [2.24, 2.45) is 0 Å². The lowest BCUT2D eigenvalue weighted by molar-refractivity contribution is -0.118. The van der Waals surface area contributed by atoms with E-state index in [1.165, 1.54) is 5.56 Å². The molecule has 0 spiro atoms. The summed E-state index contributed by atoms with van der Waals surface area (Å²) in [4.78, 5) is 16.6. The molecule has 0 saturated carbocycles. The van der Waals surface area contributed by atoms with Gasteiger partial charge in [-0.3, -0.25) is 9.78 Å². The quantitative estimate of drug-likeness (QED) is 0.572. The molecule has 0 radical (unpaired) electrons. The van der Waals surface area contributed by atoms with E-state index in [1.807, 2.05) is 28.8 Å². The van der Waals surface area contributed by atoms with Crippen LogP contribution in [0.5, 0.6) is 0 Å². The molecule has 27 heavy (non-hydrogen) atoms. The zero-order chi connectivity index (χ0) is 19.2. The van der Waals surface area contributed by atoms with Gasteiger partial charge in [0.05, 0.1) is 0 Å². The van der Waals surface area contributed by atoms with Crippen LogP contribution in [-0.4, -0.2) is 25.5 Å². The van der Waals surface area contributed by atoms with Gasteiger partial charge in [0.2, 0.25) is 0 Å². The summed E-state index contributed by atoms with van der Waals surface area (Å²) in [5, 5.41) is 8.61. The second-order valence-electron chi connectivity index (χ2n) is 6.73. The maximum atomic E-state index is 12.5. The highest BCUT2D eigenvalue weighted by molar-refractivity contribution is 5.81. The van der Waals surface area contributed by atoms with Crippen molar-refractivity contribution in [2.75, 3.05) is 0 Å². The molecule has 0 amide bonds. The first-order valence-corrected chi connectivity index (χ1v) is 9.09. The summed E-state index contributed by atoms with van der Waals surface area (Å²) in [5.41, 5.74) is 4.37. The Labute approximate surface area is 159 Å². The Hall–Kier alpha value is -3.08. The number of benzene rings is 1. The smallest absolute Gasteiger partial charge is 0.165 e. The van der Waals surface area contributed by atoms with Gasteiger partial charge in [0, 0.05) is 43.8 Å². The lowest BCUT2D eigenvalue weighted by Gasteiger charge is -2.09. The van der Waals surface area contributed by atoms with Crippen molar-refractivity contribution < 1.29 is 4.79 Å². The molecule has 0 bridgehead atoms. The van der Waals surface area contributed by atoms with Crippen LogP contribution in [0.15, 0.2) is 55.4 Å². The van der Waals surface area contributed by atoms with Gasteiger partial charge in [0.15, 0.2) is 5.82 Å². The van der Waals surface area contributed by atoms with Gasteiger partial charge in [-0.1, -0.05) is 29.8 Å². The van der Waals surface area contributed by atoms with Crippen LogP contribution in [0.4, 0.5) is 0 Å². The van der Waals surface area contributed by atoms with E-state index < -0.39 is 0 Å². The molecule has 1 aromatic carbocycles. The molecule has 2 heterocycles. The Morgan fingerprint density at radius 3 is 2.78 bits per heavy atom. The summed E-state index contributed by atoms with van der Waals surface area (Å²) in [7, 11) is 0. The van der Waals surface area contributed by atoms with Crippen molar-refractivity contribution in [1.82, 2.24) is 19.7 Å². The number of pyridine rings is 1. The molecule has 2 aromatic heterocycles. The Balaban J connectivity index is 1.71. The molecule has 0 fully saturated rings. The normalized spacial score (nSPS) is 10.7. The number of carbonyl (C=O) groups excluding carboxylic acids is 1. The van der Waals surface area contributed by atoms with Crippen LogP contribution < -0.4 is 0 Å². The first-order valence-electron chi connectivity index (χ1n) is 9.09. The Morgan fingerprint density at radius 1 is 1.22 bits per heavy atom. The van der Waals surface area contributed by atoms with Crippen LogP contribution in [0.25, 0.3) is 11.4 Å². The Bertz CT molecular complexity index is 944. The molecule has 5 nitrogen and oxygen atoms in total. The largest absolute Gasteiger partial charge is 0.307 e. The molecule has 5 heteroatoms. The van der Waals surface area contributed by atoms with Gasteiger partial charge < -0.3 is 4.57 Å². The number of carbonyl (C=O) groups is 1. The van der Waals surface area contributed by atoms with Crippen LogP contribution in [0.1, 0.15) is 28.9 Å². The number of aromatic nitrogens is 4. The van der Waals surface area contributed by atoms with Crippen molar-refractivity contribution in [3.63, 3.8) is 0 Å². The number of allylic oxidation sites excluding steroid dienone is 1. The molecular weight excluding hydrogens is 336 g/mol. The first kappa shape index (κ1) is 18.7. The molecular formula is C22H24N4O. The highest BCUT2D eigenvalue weighted by Gasteiger charge is 2.15. The molecule has 0 aliphatic carbocycles. The molecule has 0 unspecified atom stereocenters. The van der Waals surface area contributed by atoms with Crippen LogP contribution in [0.2, 0.25) is 0 Å². The average Bonchev–Trinajstić information content (AvgIpc) is 3.06. The number of hydrogen-bond acceptors (Lipinski definition) is 4. The predicted octanol–water partition coefficient (Wildman–Crippen LogP) is 3.89. The van der Waals surface area contributed by atoms with E-state index in [2.05, 4.69) is 47.7 Å². The van der Waals surface area contributed by atoms with Gasteiger partial charge in [-0.15, -0.1) is 16.8 Å². The molecule has 3 rings (SSSR count). The van der Waals surface area contributed by atoms with E-state index in [-0.39, 0.29) is 5.78 Å². The summed E-state index contributed by atoms with van der Waals surface area (Å²) in [6.07, 6.45) is 6.75. The Kier molecular flexibility index (Phi) is 5.91. The molecule has 0 aliphatic heterocycles. The molecule has 138 valence electrons. The summed E-state index contributed by atoms with van der Waals surface area (Å²) in [6.45, 7) is 8.53. The standard InChI is InChI=1S/C22H24N4O/c1-4-12-26-21(24-25-22(26)19-6-5-11-23-15-19)10-9-20(27)14-18-8-7-16(2)13-17(18)3/h4-8,11,13,15H,1,9-10,12,14H2,2-3H3. The summed E-state index contributed by atoms with van der Waals surface area (Å²) in [5.74, 6) is 1.75. The number of aryl methyl sites for hydroxylation is 3. The van der Waals surface area contributed by atoms with Gasteiger partial charge in [0.25, 0.3) is 0 Å². The molecule has 3 aromatic rings. The predicted molar refractivity (Wildman–Crippen MR) is 106 cm³/mol. The van der Waals surface area contributed by atoms with Crippen molar-refractivity contribution in [2.45, 2.75) is 39.7 Å². The average molecular weight is 360 g/mol. The van der Waals surface area contributed by atoms with E-state index in [4.69, 9.17) is 0 Å². The van der Waals surface area contributed by atoms with E-state index >= 15 is 0 Å². The number of Topliss-reactive ketones (excluding diaryl/α,β-unsaturated/α-hetero) is 1. The van der Waals surface area contributed by atoms with Crippen LogP contribution in [-0.2, 0) is 24.2 Å². The SMILES string of the molecule is C=CCn1c(CCC(=O)Cc2ccc(C)cc2C)nnc1-c1cccnc1. The highest BCUT2D eigenvalue weighted by Crippen LogP contribution is 2.18. The molecule has 0 N–H and O–H groups in total. The minimum Gasteiger partial charge on any atom is -0.307 e.